The molecule has 0 aromatic rings. The quantitative estimate of drug-likeness (QED) is 0.569. The molecule has 0 aromatic carbocycles. The molecule has 0 aromatic heterocycles. The van der Waals surface area contributed by atoms with Crippen LogP contribution in [0.4, 0.5) is 0 Å². The number of hydrogen-bond acceptors (Lipinski definition) is 3. The summed E-state index contributed by atoms with van der Waals surface area (Å²) in [6.45, 7) is 5.39. The molecule has 0 N–H and O–H groups in total. The number of ether oxygens (including phenoxy) is 1. The number of nitrogens with zero attached hydrogens (tertiary/aromatic N) is 1. The van der Waals surface area contributed by atoms with Crippen LogP contribution in [0.1, 0.15) is 39.5 Å². The smallest absolute Gasteiger partial charge is 0.333 e. The van der Waals surface area contributed by atoms with Gasteiger partial charge in [0.1, 0.15) is 0 Å². The fourth-order valence-electron chi connectivity index (χ4n) is 2.09. The molecular weight excluding hydrogens is 230 g/mol. The molecule has 18 heavy (non-hydrogen) atoms. The lowest BCUT2D eigenvalue weighted by molar-refractivity contribution is -0.136. The van der Waals surface area contributed by atoms with Crippen molar-refractivity contribution >= 4 is 11.9 Å². The number of esters is 1. The molecule has 0 spiro atoms. The Morgan fingerprint density at radius 3 is 2.83 bits per heavy atom. The lowest BCUT2D eigenvalue weighted by Gasteiger charge is -2.19. The molecule has 1 amide bonds. The average molecular weight is 253 g/mol. The predicted octanol–water partition coefficient (Wildman–Crippen LogP) is 2.14. The van der Waals surface area contributed by atoms with Gasteiger partial charge in [-0.2, -0.15) is 0 Å². The van der Waals surface area contributed by atoms with Gasteiger partial charge in [0.25, 0.3) is 0 Å². The maximum absolute atomic E-state index is 11.9. The first kappa shape index (κ1) is 14.7. The van der Waals surface area contributed by atoms with Crippen molar-refractivity contribution in [3.63, 3.8) is 0 Å². The summed E-state index contributed by atoms with van der Waals surface area (Å²) in [5, 5.41) is 0. The molecule has 0 radical (unpaired) electrons. The van der Waals surface area contributed by atoms with E-state index in [4.69, 9.17) is 4.74 Å². The number of hydrogen-bond donors (Lipinski definition) is 0. The highest BCUT2D eigenvalue weighted by Crippen LogP contribution is 2.17. The van der Waals surface area contributed by atoms with Crippen LogP contribution in [-0.2, 0) is 14.3 Å². The third kappa shape index (κ3) is 4.17. The van der Waals surface area contributed by atoms with Gasteiger partial charge in [-0.15, -0.1) is 0 Å². The first-order chi connectivity index (χ1) is 8.58. The summed E-state index contributed by atoms with van der Waals surface area (Å²) in [5.41, 5.74) is 0.641. The van der Waals surface area contributed by atoms with E-state index in [9.17, 15) is 9.59 Å². The molecule has 0 bridgehead atoms. The van der Waals surface area contributed by atoms with E-state index in [1.54, 1.807) is 0 Å². The highest BCUT2D eigenvalue weighted by molar-refractivity contribution is 5.88. The Morgan fingerprint density at radius 2 is 2.22 bits per heavy atom. The van der Waals surface area contributed by atoms with Gasteiger partial charge in [-0.1, -0.05) is 19.9 Å². The largest absolute Gasteiger partial charge is 0.466 e. The van der Waals surface area contributed by atoms with Crippen molar-refractivity contribution in [1.82, 2.24) is 4.90 Å². The van der Waals surface area contributed by atoms with E-state index in [1.165, 1.54) is 7.11 Å². The van der Waals surface area contributed by atoms with Gasteiger partial charge in [-0.05, 0) is 25.2 Å². The second-order valence-electron chi connectivity index (χ2n) is 4.85. The molecule has 4 heteroatoms. The van der Waals surface area contributed by atoms with E-state index in [0.717, 1.165) is 19.4 Å². The topological polar surface area (TPSA) is 46.6 Å². The van der Waals surface area contributed by atoms with E-state index >= 15 is 0 Å². The molecule has 4 nitrogen and oxygen atoms in total. The van der Waals surface area contributed by atoms with Gasteiger partial charge in [-0.25, -0.2) is 4.79 Å². The zero-order valence-corrected chi connectivity index (χ0v) is 11.6. The highest BCUT2D eigenvalue weighted by Gasteiger charge is 2.19. The minimum absolute atomic E-state index is 0.191. The third-order valence-corrected chi connectivity index (χ3v) is 3.48. The molecule has 0 aliphatic carbocycles. The van der Waals surface area contributed by atoms with Crippen molar-refractivity contribution in [3.05, 3.63) is 11.6 Å². The Hall–Kier alpha value is -1.32. The number of likely N-dealkylation sites (tertiary alicyclic amines) is 1. The fourth-order valence-corrected chi connectivity index (χ4v) is 2.09. The number of amides is 1. The summed E-state index contributed by atoms with van der Waals surface area (Å²) in [7, 11) is 1.38. The lowest BCUT2D eigenvalue weighted by Crippen LogP contribution is -2.30. The Balaban J connectivity index is 2.62. The van der Waals surface area contributed by atoms with Crippen LogP contribution < -0.4 is 0 Å². The molecule has 1 saturated heterocycles. The van der Waals surface area contributed by atoms with Crippen molar-refractivity contribution in [1.29, 1.82) is 0 Å². The Morgan fingerprint density at radius 1 is 1.50 bits per heavy atom. The van der Waals surface area contributed by atoms with Gasteiger partial charge in [0.2, 0.25) is 5.91 Å². The van der Waals surface area contributed by atoms with Crippen molar-refractivity contribution in [2.45, 2.75) is 39.5 Å². The van der Waals surface area contributed by atoms with Crippen molar-refractivity contribution in [2.24, 2.45) is 5.92 Å². The number of rotatable bonds is 4. The van der Waals surface area contributed by atoms with Crippen LogP contribution in [0.15, 0.2) is 11.6 Å². The van der Waals surface area contributed by atoms with Gasteiger partial charge in [0.15, 0.2) is 0 Å². The summed E-state index contributed by atoms with van der Waals surface area (Å²) in [5.74, 6) is 0.498. The zero-order chi connectivity index (χ0) is 13.5. The highest BCUT2D eigenvalue weighted by atomic mass is 16.5. The number of carbonyl (C=O) groups excluding carboxylic acids is 2. The normalized spacial score (nSPS) is 21.7. The van der Waals surface area contributed by atoms with E-state index in [0.29, 0.717) is 30.9 Å². The molecule has 1 unspecified atom stereocenters. The van der Waals surface area contributed by atoms with E-state index < -0.39 is 0 Å². The Bertz CT molecular complexity index is 336. The molecule has 1 rings (SSSR count). The van der Waals surface area contributed by atoms with Crippen LogP contribution in [0.5, 0.6) is 0 Å². The van der Waals surface area contributed by atoms with Crippen LogP contribution in [0, 0.1) is 5.92 Å². The summed E-state index contributed by atoms with van der Waals surface area (Å²) in [6.07, 6.45) is 5.08. The maximum atomic E-state index is 11.9. The van der Waals surface area contributed by atoms with Crippen molar-refractivity contribution < 1.29 is 14.3 Å². The summed E-state index contributed by atoms with van der Waals surface area (Å²) in [6, 6.07) is 0. The molecule has 1 heterocycles. The zero-order valence-electron chi connectivity index (χ0n) is 11.6. The predicted molar refractivity (Wildman–Crippen MR) is 70.0 cm³/mol. The van der Waals surface area contributed by atoms with Crippen LogP contribution in [0.2, 0.25) is 0 Å². The van der Waals surface area contributed by atoms with Crippen LogP contribution >= 0.6 is 0 Å². The molecule has 1 atom stereocenters. The molecule has 102 valence electrons. The molecule has 1 fully saturated rings. The van der Waals surface area contributed by atoms with E-state index in [-0.39, 0.29) is 11.9 Å². The monoisotopic (exact) mass is 253 g/mol. The molecule has 1 aliphatic rings. The Kier molecular flexibility index (Phi) is 5.89. The van der Waals surface area contributed by atoms with Crippen molar-refractivity contribution in [3.8, 4) is 0 Å². The van der Waals surface area contributed by atoms with Gasteiger partial charge >= 0.3 is 5.97 Å². The van der Waals surface area contributed by atoms with Gasteiger partial charge in [0, 0.05) is 25.1 Å². The summed E-state index contributed by atoms with van der Waals surface area (Å²) in [4.78, 5) is 25.1. The van der Waals surface area contributed by atoms with E-state index in [2.05, 4.69) is 6.92 Å². The van der Waals surface area contributed by atoms with Gasteiger partial charge in [-0.3, -0.25) is 4.79 Å². The SMILES string of the molecule is CCC(=CCN1CCC(C)CCC1=O)C(=O)OC. The second-order valence-corrected chi connectivity index (χ2v) is 4.85. The number of carbonyl (C=O) groups is 2. The fraction of sp³-hybridized carbons (Fsp3) is 0.714. The van der Waals surface area contributed by atoms with Crippen LogP contribution in [0.25, 0.3) is 0 Å². The molecular formula is C14H23NO3. The number of methoxy groups -OCH3 is 1. The average Bonchev–Trinajstić information content (AvgIpc) is 2.53. The molecule has 1 aliphatic heterocycles. The summed E-state index contributed by atoms with van der Waals surface area (Å²) >= 11 is 0. The van der Waals surface area contributed by atoms with Crippen molar-refractivity contribution in [2.75, 3.05) is 20.2 Å². The first-order valence-corrected chi connectivity index (χ1v) is 6.63. The van der Waals surface area contributed by atoms with E-state index in [1.807, 2.05) is 17.9 Å². The second kappa shape index (κ2) is 7.19. The minimum Gasteiger partial charge on any atom is -0.466 e. The molecule has 0 saturated carbocycles. The standard InChI is InChI=1S/C14H23NO3/c1-4-12(14(17)18-3)8-10-15-9-7-11(2)5-6-13(15)16/h8,11H,4-7,9-10H2,1-3H3. The third-order valence-electron chi connectivity index (χ3n) is 3.48. The van der Waals surface area contributed by atoms with Crippen LogP contribution in [-0.4, -0.2) is 37.0 Å². The van der Waals surface area contributed by atoms with Gasteiger partial charge in [0.05, 0.1) is 7.11 Å². The van der Waals surface area contributed by atoms with Gasteiger partial charge < -0.3 is 9.64 Å². The lowest BCUT2D eigenvalue weighted by atomic mass is 10.0. The van der Waals surface area contributed by atoms with Crippen LogP contribution in [0.3, 0.4) is 0 Å². The summed E-state index contributed by atoms with van der Waals surface area (Å²) < 4.78 is 4.70. The first-order valence-electron chi connectivity index (χ1n) is 6.63. The maximum Gasteiger partial charge on any atom is 0.333 e. The minimum atomic E-state index is -0.298. The Labute approximate surface area is 109 Å².